The molecule has 0 radical (unpaired) electrons. The van der Waals surface area contributed by atoms with Crippen molar-refractivity contribution in [3.63, 3.8) is 0 Å². The second-order valence-electron chi connectivity index (χ2n) is 5.13. The zero-order valence-corrected chi connectivity index (χ0v) is 11.6. The summed E-state index contributed by atoms with van der Waals surface area (Å²) in [6.45, 7) is 1.81. The lowest BCUT2D eigenvalue weighted by atomic mass is 9.89. The number of likely N-dealkylation sites (N-methyl/N-ethyl adjacent to an activating group) is 1. The largest absolute Gasteiger partial charge is 0.480 e. The molecule has 108 valence electrons. The second kappa shape index (κ2) is 5.90. The van der Waals surface area contributed by atoms with Crippen LogP contribution in [-0.4, -0.2) is 65.5 Å². The van der Waals surface area contributed by atoms with Gasteiger partial charge in [-0.05, 0) is 26.2 Å². The van der Waals surface area contributed by atoms with Crippen LogP contribution in [0.2, 0.25) is 0 Å². The van der Waals surface area contributed by atoms with Crippen molar-refractivity contribution >= 4 is 17.9 Å². The highest BCUT2D eigenvalue weighted by atomic mass is 16.4. The number of carboxylic acids is 1. The van der Waals surface area contributed by atoms with Gasteiger partial charge in [0.05, 0.1) is 6.54 Å². The van der Waals surface area contributed by atoms with E-state index in [9.17, 15) is 19.5 Å². The molecule has 1 heterocycles. The number of carbonyl (C=O) groups is 3. The Bertz CT molecular complexity index is 383. The topological polar surface area (TPSA) is 90.0 Å². The molecule has 0 saturated carbocycles. The SMILES string of the molecule is CN(C)C(=O)CNC(=O)N1CCCCC1(C)C(=O)O. The first-order valence-corrected chi connectivity index (χ1v) is 6.28. The number of amides is 3. The van der Waals surface area contributed by atoms with Gasteiger partial charge in [0, 0.05) is 20.6 Å². The summed E-state index contributed by atoms with van der Waals surface area (Å²) in [5.74, 6) is -1.25. The maximum absolute atomic E-state index is 12.0. The molecule has 1 rings (SSSR count). The summed E-state index contributed by atoms with van der Waals surface area (Å²) in [5.41, 5.74) is -1.19. The van der Waals surface area contributed by atoms with Gasteiger partial charge in [0.2, 0.25) is 5.91 Å². The first-order chi connectivity index (χ1) is 8.79. The van der Waals surface area contributed by atoms with Gasteiger partial charge in [0.1, 0.15) is 5.54 Å². The van der Waals surface area contributed by atoms with E-state index in [1.807, 2.05) is 0 Å². The third kappa shape index (κ3) is 3.36. The molecule has 0 aromatic heterocycles. The molecule has 0 bridgehead atoms. The van der Waals surface area contributed by atoms with Crippen LogP contribution in [0.15, 0.2) is 0 Å². The summed E-state index contributed by atoms with van der Waals surface area (Å²) < 4.78 is 0. The van der Waals surface area contributed by atoms with E-state index in [4.69, 9.17) is 0 Å². The van der Waals surface area contributed by atoms with Gasteiger partial charge in [-0.2, -0.15) is 0 Å². The first kappa shape index (κ1) is 15.3. The van der Waals surface area contributed by atoms with Gasteiger partial charge in [-0.1, -0.05) is 0 Å². The zero-order valence-electron chi connectivity index (χ0n) is 11.6. The van der Waals surface area contributed by atoms with E-state index in [0.717, 1.165) is 12.8 Å². The number of likely N-dealkylation sites (tertiary alicyclic amines) is 1. The third-order valence-electron chi connectivity index (χ3n) is 3.49. The van der Waals surface area contributed by atoms with Crippen molar-refractivity contribution in [1.82, 2.24) is 15.1 Å². The van der Waals surface area contributed by atoms with E-state index in [2.05, 4.69) is 5.32 Å². The van der Waals surface area contributed by atoms with Crippen molar-refractivity contribution in [1.29, 1.82) is 0 Å². The zero-order chi connectivity index (χ0) is 14.6. The van der Waals surface area contributed by atoms with E-state index in [1.165, 1.54) is 9.80 Å². The fourth-order valence-corrected chi connectivity index (χ4v) is 2.07. The fraction of sp³-hybridized carbons (Fsp3) is 0.750. The number of rotatable bonds is 3. The Balaban J connectivity index is 2.68. The Kier molecular flexibility index (Phi) is 4.74. The van der Waals surface area contributed by atoms with Crippen LogP contribution in [0.5, 0.6) is 0 Å². The Labute approximate surface area is 112 Å². The van der Waals surface area contributed by atoms with E-state index in [0.29, 0.717) is 13.0 Å². The van der Waals surface area contributed by atoms with Crippen molar-refractivity contribution in [2.24, 2.45) is 0 Å². The number of piperidine rings is 1. The standard InChI is InChI=1S/C12H21N3O4/c1-12(10(17)18)6-4-5-7-15(12)11(19)13-8-9(16)14(2)3/h4-8H2,1-3H3,(H,13,19)(H,17,18). The van der Waals surface area contributed by atoms with Crippen LogP contribution < -0.4 is 5.32 Å². The van der Waals surface area contributed by atoms with Crippen LogP contribution in [-0.2, 0) is 9.59 Å². The van der Waals surface area contributed by atoms with Gasteiger partial charge in [0.25, 0.3) is 0 Å². The molecular formula is C12H21N3O4. The molecule has 2 N–H and O–H groups in total. The molecule has 1 unspecified atom stereocenters. The summed E-state index contributed by atoms with van der Waals surface area (Å²) in [5, 5.41) is 11.8. The van der Waals surface area contributed by atoms with Crippen molar-refractivity contribution in [3.8, 4) is 0 Å². The van der Waals surface area contributed by atoms with Crippen molar-refractivity contribution in [3.05, 3.63) is 0 Å². The summed E-state index contributed by atoms with van der Waals surface area (Å²) in [6, 6.07) is -0.500. The predicted octanol–water partition coefficient (Wildman–Crippen LogP) is 0.113. The van der Waals surface area contributed by atoms with Gasteiger partial charge in [0.15, 0.2) is 0 Å². The quantitative estimate of drug-likeness (QED) is 0.762. The van der Waals surface area contributed by atoms with Gasteiger partial charge >= 0.3 is 12.0 Å². The van der Waals surface area contributed by atoms with Crippen molar-refractivity contribution < 1.29 is 19.5 Å². The molecule has 3 amide bonds. The molecule has 19 heavy (non-hydrogen) atoms. The molecular weight excluding hydrogens is 250 g/mol. The molecule has 1 fully saturated rings. The second-order valence-corrected chi connectivity index (χ2v) is 5.13. The van der Waals surface area contributed by atoms with E-state index in [-0.39, 0.29) is 12.5 Å². The number of urea groups is 1. The average molecular weight is 271 g/mol. The molecule has 7 nitrogen and oxygen atoms in total. The predicted molar refractivity (Wildman–Crippen MR) is 68.7 cm³/mol. The number of hydrogen-bond acceptors (Lipinski definition) is 3. The molecule has 7 heteroatoms. The fourth-order valence-electron chi connectivity index (χ4n) is 2.07. The maximum atomic E-state index is 12.0. The lowest BCUT2D eigenvalue weighted by molar-refractivity contribution is -0.150. The monoisotopic (exact) mass is 271 g/mol. The van der Waals surface area contributed by atoms with Crippen LogP contribution in [0.1, 0.15) is 26.2 Å². The van der Waals surface area contributed by atoms with Crippen LogP contribution >= 0.6 is 0 Å². The number of aliphatic carboxylic acids is 1. The minimum Gasteiger partial charge on any atom is -0.480 e. The number of hydrogen-bond donors (Lipinski definition) is 2. The first-order valence-electron chi connectivity index (χ1n) is 6.28. The molecule has 0 aromatic rings. The van der Waals surface area contributed by atoms with Crippen LogP contribution in [0.4, 0.5) is 4.79 Å². The van der Waals surface area contributed by atoms with E-state index in [1.54, 1.807) is 21.0 Å². The molecule has 0 aliphatic carbocycles. The number of carboxylic acid groups (broad SMARTS) is 1. The smallest absolute Gasteiger partial charge is 0.329 e. The average Bonchev–Trinajstić information content (AvgIpc) is 2.35. The lowest BCUT2D eigenvalue weighted by Crippen LogP contribution is -2.60. The Morgan fingerprint density at radius 3 is 2.47 bits per heavy atom. The lowest BCUT2D eigenvalue weighted by Gasteiger charge is -2.41. The maximum Gasteiger partial charge on any atom is 0.329 e. The summed E-state index contributed by atoms with van der Waals surface area (Å²) in [4.78, 5) is 37.4. The van der Waals surface area contributed by atoms with Crippen molar-refractivity contribution in [2.45, 2.75) is 31.7 Å². The molecule has 1 aliphatic rings. The highest BCUT2D eigenvalue weighted by molar-refractivity contribution is 5.88. The number of nitrogens with one attached hydrogen (secondary N) is 1. The van der Waals surface area contributed by atoms with Crippen LogP contribution in [0, 0.1) is 0 Å². The van der Waals surface area contributed by atoms with Crippen LogP contribution in [0.3, 0.4) is 0 Å². The Morgan fingerprint density at radius 2 is 1.95 bits per heavy atom. The molecule has 0 aromatic carbocycles. The van der Waals surface area contributed by atoms with Crippen molar-refractivity contribution in [2.75, 3.05) is 27.2 Å². The molecule has 1 atom stereocenters. The minimum atomic E-state index is -1.19. The summed E-state index contributed by atoms with van der Waals surface area (Å²) in [6.07, 6.45) is 1.98. The van der Waals surface area contributed by atoms with Crippen LogP contribution in [0.25, 0.3) is 0 Å². The molecule has 0 spiro atoms. The Hall–Kier alpha value is -1.79. The Morgan fingerprint density at radius 1 is 1.32 bits per heavy atom. The number of nitrogens with zero attached hydrogens (tertiary/aromatic N) is 2. The molecule has 1 saturated heterocycles. The van der Waals surface area contributed by atoms with Gasteiger partial charge in [-0.25, -0.2) is 9.59 Å². The van der Waals surface area contributed by atoms with E-state index < -0.39 is 17.5 Å². The number of carbonyl (C=O) groups excluding carboxylic acids is 2. The van der Waals surface area contributed by atoms with Gasteiger partial charge < -0.3 is 20.2 Å². The van der Waals surface area contributed by atoms with Gasteiger partial charge in [-0.3, -0.25) is 4.79 Å². The molecule has 1 aliphatic heterocycles. The normalized spacial score (nSPS) is 22.8. The third-order valence-corrected chi connectivity index (χ3v) is 3.49. The summed E-state index contributed by atoms with van der Waals surface area (Å²) >= 11 is 0. The highest BCUT2D eigenvalue weighted by Gasteiger charge is 2.43. The minimum absolute atomic E-state index is 0.127. The van der Waals surface area contributed by atoms with Gasteiger partial charge in [-0.15, -0.1) is 0 Å². The highest BCUT2D eigenvalue weighted by Crippen LogP contribution is 2.28. The van der Waals surface area contributed by atoms with E-state index >= 15 is 0 Å². The summed E-state index contributed by atoms with van der Waals surface area (Å²) in [7, 11) is 3.19.